The first kappa shape index (κ1) is 13.8. The Morgan fingerprint density at radius 2 is 2.11 bits per heavy atom. The number of rotatable bonds is 5. The number of hydrogen-bond acceptors (Lipinski definition) is 4. The molecule has 1 aliphatic carbocycles. The number of aliphatic hydroxyl groups is 1. The second-order valence-electron chi connectivity index (χ2n) is 5.16. The maximum Gasteiger partial charge on any atom is 0.335 e. The Morgan fingerprint density at radius 3 is 2.63 bits per heavy atom. The van der Waals surface area contributed by atoms with E-state index in [1.165, 1.54) is 6.07 Å². The van der Waals surface area contributed by atoms with Crippen molar-refractivity contribution < 1.29 is 15.0 Å². The van der Waals surface area contributed by atoms with Crippen molar-refractivity contribution in [2.24, 2.45) is 0 Å². The van der Waals surface area contributed by atoms with Crippen molar-refractivity contribution in [3.8, 4) is 0 Å². The van der Waals surface area contributed by atoms with Crippen LogP contribution in [-0.4, -0.2) is 33.3 Å². The van der Waals surface area contributed by atoms with E-state index in [2.05, 4.69) is 10.3 Å². The summed E-state index contributed by atoms with van der Waals surface area (Å²) >= 11 is 0. The Kier molecular flexibility index (Phi) is 4.04. The number of pyridine rings is 1. The molecule has 1 aliphatic rings. The van der Waals surface area contributed by atoms with Crippen LogP contribution in [0, 0.1) is 0 Å². The summed E-state index contributed by atoms with van der Waals surface area (Å²) in [7, 11) is 0. The normalized spacial score (nSPS) is 17.4. The molecule has 1 aromatic heterocycles. The van der Waals surface area contributed by atoms with Gasteiger partial charge in [0, 0.05) is 5.69 Å². The molecule has 0 spiro atoms. The summed E-state index contributed by atoms with van der Waals surface area (Å²) in [5.41, 5.74) is 0.642. The summed E-state index contributed by atoms with van der Waals surface area (Å²) in [5.74, 6) is -0.405. The molecule has 104 valence electrons. The van der Waals surface area contributed by atoms with E-state index in [0.717, 1.165) is 31.4 Å². The third-order valence-electron chi connectivity index (χ3n) is 3.74. The third-order valence-corrected chi connectivity index (χ3v) is 3.74. The summed E-state index contributed by atoms with van der Waals surface area (Å²) < 4.78 is 0. The Balaban J connectivity index is 2.28. The van der Waals surface area contributed by atoms with Crippen LogP contribution in [0.2, 0.25) is 0 Å². The van der Waals surface area contributed by atoms with Crippen LogP contribution in [0.4, 0.5) is 5.82 Å². The van der Waals surface area contributed by atoms with E-state index in [1.807, 2.05) is 6.92 Å². The van der Waals surface area contributed by atoms with Gasteiger partial charge in [0.05, 0.1) is 17.7 Å². The Labute approximate surface area is 112 Å². The molecule has 0 saturated heterocycles. The molecule has 1 heterocycles. The fraction of sp³-hybridized carbons (Fsp3) is 0.571. The number of hydrogen-bond donors (Lipinski definition) is 3. The van der Waals surface area contributed by atoms with Gasteiger partial charge in [-0.2, -0.15) is 0 Å². The van der Waals surface area contributed by atoms with Crippen molar-refractivity contribution in [1.29, 1.82) is 0 Å². The number of aromatic carboxylic acids is 1. The van der Waals surface area contributed by atoms with E-state index in [4.69, 9.17) is 5.11 Å². The number of carbonyl (C=O) groups is 1. The van der Waals surface area contributed by atoms with Crippen LogP contribution in [0.25, 0.3) is 0 Å². The van der Waals surface area contributed by atoms with E-state index < -0.39 is 5.97 Å². The number of carboxylic acids is 1. The first-order valence-electron chi connectivity index (χ1n) is 6.72. The van der Waals surface area contributed by atoms with Crippen molar-refractivity contribution >= 4 is 11.8 Å². The maximum absolute atomic E-state index is 11.1. The predicted octanol–water partition coefficient (Wildman–Crippen LogP) is 2.06. The summed E-state index contributed by atoms with van der Waals surface area (Å²) in [5, 5.41) is 21.9. The van der Waals surface area contributed by atoms with E-state index in [0.29, 0.717) is 12.2 Å². The fourth-order valence-corrected chi connectivity index (χ4v) is 2.60. The quantitative estimate of drug-likeness (QED) is 0.758. The van der Waals surface area contributed by atoms with Crippen LogP contribution in [0.3, 0.4) is 0 Å². The molecular weight excluding hydrogens is 244 g/mol. The van der Waals surface area contributed by atoms with Gasteiger partial charge in [0.2, 0.25) is 0 Å². The number of carboxylic acid groups (broad SMARTS) is 1. The summed E-state index contributed by atoms with van der Waals surface area (Å²) in [6.45, 7) is 1.99. The SMILES string of the molecule is CCc1cc(C(=O)O)cc(NC2(CO)CCCC2)n1. The highest BCUT2D eigenvalue weighted by Gasteiger charge is 2.33. The van der Waals surface area contributed by atoms with E-state index in [-0.39, 0.29) is 17.7 Å². The van der Waals surface area contributed by atoms with E-state index >= 15 is 0 Å². The average molecular weight is 264 g/mol. The van der Waals surface area contributed by atoms with Gasteiger partial charge < -0.3 is 15.5 Å². The van der Waals surface area contributed by atoms with Gasteiger partial charge in [-0.1, -0.05) is 19.8 Å². The van der Waals surface area contributed by atoms with Gasteiger partial charge in [-0.15, -0.1) is 0 Å². The molecule has 5 heteroatoms. The third kappa shape index (κ3) is 3.04. The molecule has 0 unspecified atom stereocenters. The van der Waals surface area contributed by atoms with Gasteiger partial charge in [0.1, 0.15) is 5.82 Å². The van der Waals surface area contributed by atoms with Crippen LogP contribution in [-0.2, 0) is 6.42 Å². The molecular formula is C14H20N2O3. The van der Waals surface area contributed by atoms with Gasteiger partial charge in [-0.05, 0) is 31.4 Å². The minimum atomic E-state index is -0.954. The highest BCUT2D eigenvalue weighted by molar-refractivity contribution is 5.88. The lowest BCUT2D eigenvalue weighted by atomic mass is 9.99. The van der Waals surface area contributed by atoms with Gasteiger partial charge in [0.25, 0.3) is 0 Å². The van der Waals surface area contributed by atoms with Crippen molar-refractivity contribution in [2.45, 2.75) is 44.6 Å². The van der Waals surface area contributed by atoms with Crippen LogP contribution >= 0.6 is 0 Å². The molecule has 19 heavy (non-hydrogen) atoms. The lowest BCUT2D eigenvalue weighted by Crippen LogP contribution is -2.39. The highest BCUT2D eigenvalue weighted by Crippen LogP contribution is 2.32. The predicted molar refractivity (Wildman–Crippen MR) is 72.5 cm³/mol. The summed E-state index contributed by atoms with van der Waals surface area (Å²) in [6.07, 6.45) is 4.62. The number of aliphatic hydroxyl groups excluding tert-OH is 1. The molecule has 1 aromatic rings. The molecule has 0 radical (unpaired) electrons. The first-order valence-corrected chi connectivity index (χ1v) is 6.72. The van der Waals surface area contributed by atoms with Gasteiger partial charge in [-0.25, -0.2) is 9.78 Å². The topological polar surface area (TPSA) is 82.5 Å². The summed E-state index contributed by atoms with van der Waals surface area (Å²) in [4.78, 5) is 15.5. The smallest absolute Gasteiger partial charge is 0.335 e. The van der Waals surface area contributed by atoms with E-state index in [1.54, 1.807) is 6.07 Å². The zero-order chi connectivity index (χ0) is 13.9. The van der Waals surface area contributed by atoms with Gasteiger partial charge in [-0.3, -0.25) is 0 Å². The minimum Gasteiger partial charge on any atom is -0.478 e. The molecule has 2 rings (SSSR count). The zero-order valence-electron chi connectivity index (χ0n) is 11.1. The number of anilines is 1. The number of nitrogens with one attached hydrogen (secondary N) is 1. The monoisotopic (exact) mass is 264 g/mol. The number of aromatic nitrogens is 1. The van der Waals surface area contributed by atoms with Gasteiger partial charge >= 0.3 is 5.97 Å². The first-order chi connectivity index (χ1) is 9.08. The van der Waals surface area contributed by atoms with E-state index in [9.17, 15) is 9.90 Å². The second kappa shape index (κ2) is 5.57. The Morgan fingerprint density at radius 1 is 1.42 bits per heavy atom. The number of aryl methyl sites for hydroxylation is 1. The zero-order valence-corrected chi connectivity index (χ0v) is 11.1. The molecule has 3 N–H and O–H groups in total. The van der Waals surface area contributed by atoms with Crippen LogP contribution in [0.1, 0.15) is 48.7 Å². The molecule has 1 saturated carbocycles. The highest BCUT2D eigenvalue weighted by atomic mass is 16.4. The van der Waals surface area contributed by atoms with Crippen LogP contribution in [0.15, 0.2) is 12.1 Å². The largest absolute Gasteiger partial charge is 0.478 e. The molecule has 0 amide bonds. The molecule has 5 nitrogen and oxygen atoms in total. The van der Waals surface area contributed by atoms with Crippen molar-refractivity contribution in [3.05, 3.63) is 23.4 Å². The minimum absolute atomic E-state index is 0.0490. The Bertz CT molecular complexity index is 468. The van der Waals surface area contributed by atoms with Crippen LogP contribution < -0.4 is 5.32 Å². The molecule has 0 aliphatic heterocycles. The summed E-state index contributed by atoms with van der Waals surface area (Å²) in [6, 6.07) is 3.13. The van der Waals surface area contributed by atoms with Crippen LogP contribution in [0.5, 0.6) is 0 Å². The van der Waals surface area contributed by atoms with Crippen molar-refractivity contribution in [2.75, 3.05) is 11.9 Å². The Hall–Kier alpha value is -1.62. The van der Waals surface area contributed by atoms with Crippen molar-refractivity contribution in [1.82, 2.24) is 4.98 Å². The standard InChI is InChI=1S/C14H20N2O3/c1-2-11-7-10(13(18)19)8-12(15-11)16-14(9-17)5-3-4-6-14/h7-8,17H,2-6,9H2,1H3,(H,15,16)(H,18,19). The molecule has 0 aromatic carbocycles. The average Bonchev–Trinajstić information content (AvgIpc) is 2.87. The lowest BCUT2D eigenvalue weighted by molar-refractivity contribution is 0.0696. The molecule has 1 fully saturated rings. The lowest BCUT2D eigenvalue weighted by Gasteiger charge is -2.28. The molecule has 0 bridgehead atoms. The van der Waals surface area contributed by atoms with Crippen molar-refractivity contribution in [3.63, 3.8) is 0 Å². The van der Waals surface area contributed by atoms with Gasteiger partial charge in [0.15, 0.2) is 0 Å². The second-order valence-corrected chi connectivity index (χ2v) is 5.16. The number of nitrogens with zero attached hydrogens (tertiary/aromatic N) is 1. The fourth-order valence-electron chi connectivity index (χ4n) is 2.60. The molecule has 0 atom stereocenters. The maximum atomic E-state index is 11.1.